The molecule has 102 valence electrons. The third-order valence-electron chi connectivity index (χ3n) is 2.33. The van der Waals surface area contributed by atoms with Gasteiger partial charge in [0.25, 0.3) is 0 Å². The zero-order chi connectivity index (χ0) is 13.8. The lowest BCUT2D eigenvalue weighted by atomic mass is 10.2. The van der Waals surface area contributed by atoms with Crippen molar-refractivity contribution < 1.29 is 13.2 Å². The maximum Gasteiger partial charge on any atom is 0.433 e. The molecule has 3 N–H and O–H groups in total. The average Bonchev–Trinajstić information content (AvgIpc) is 2.34. The number of nitrogens with two attached hydrogens (primary N) is 1. The molecular weight excluding hydrogens is 265 g/mol. The van der Waals surface area contributed by atoms with E-state index < -0.39 is 11.9 Å². The van der Waals surface area contributed by atoms with Crippen LogP contribution in [-0.2, 0) is 6.18 Å². The lowest BCUT2D eigenvalue weighted by molar-refractivity contribution is -0.141. The number of hydrazine groups is 1. The Labute approximate surface area is 108 Å². The van der Waals surface area contributed by atoms with Gasteiger partial charge in [0.1, 0.15) is 5.03 Å². The highest BCUT2D eigenvalue weighted by Crippen LogP contribution is 2.31. The fraction of sp³-hybridized carbons (Fsp3) is 0.600. The minimum atomic E-state index is -4.50. The number of hydrogen-bond acceptors (Lipinski definition) is 5. The fourth-order valence-corrected chi connectivity index (χ4v) is 2.09. The molecule has 8 heteroatoms. The molecule has 0 fully saturated rings. The van der Waals surface area contributed by atoms with E-state index in [9.17, 15) is 13.2 Å². The maximum atomic E-state index is 12.6. The summed E-state index contributed by atoms with van der Waals surface area (Å²) in [5.41, 5.74) is 1.06. The molecular formula is C10H15F3N4S. The van der Waals surface area contributed by atoms with Gasteiger partial charge in [0.2, 0.25) is 5.95 Å². The summed E-state index contributed by atoms with van der Waals surface area (Å²) < 4.78 is 37.7. The van der Waals surface area contributed by atoms with Gasteiger partial charge < -0.3 is 0 Å². The third-order valence-corrected chi connectivity index (χ3v) is 3.58. The number of hydrogen-bond donors (Lipinski definition) is 2. The smallest absolute Gasteiger partial charge is 0.292 e. The lowest BCUT2D eigenvalue weighted by Gasteiger charge is -2.11. The largest absolute Gasteiger partial charge is 0.433 e. The van der Waals surface area contributed by atoms with Crippen LogP contribution in [0, 0.1) is 5.92 Å². The van der Waals surface area contributed by atoms with Crippen molar-refractivity contribution in [1.29, 1.82) is 0 Å². The standard InChI is InChI=1S/C10H15F3N4S/c1-3-6(2)5-18-8-4-7(10(11,12)13)15-9(16-8)17-14/h4,6H,3,5,14H2,1-2H3,(H,15,16,17). The summed E-state index contributed by atoms with van der Waals surface area (Å²) >= 11 is 1.27. The van der Waals surface area contributed by atoms with Crippen LogP contribution < -0.4 is 11.3 Å². The number of halogens is 3. The fourth-order valence-electron chi connectivity index (χ4n) is 1.05. The van der Waals surface area contributed by atoms with E-state index in [0.717, 1.165) is 12.5 Å². The molecule has 18 heavy (non-hydrogen) atoms. The van der Waals surface area contributed by atoms with Gasteiger partial charge >= 0.3 is 6.18 Å². The molecule has 0 saturated carbocycles. The van der Waals surface area contributed by atoms with Crippen molar-refractivity contribution in [3.63, 3.8) is 0 Å². The van der Waals surface area contributed by atoms with Crippen LogP contribution in [0.2, 0.25) is 0 Å². The zero-order valence-corrected chi connectivity index (χ0v) is 10.9. The van der Waals surface area contributed by atoms with Crippen LogP contribution in [0.4, 0.5) is 19.1 Å². The highest BCUT2D eigenvalue weighted by atomic mass is 32.2. The normalized spacial score (nSPS) is 13.4. The van der Waals surface area contributed by atoms with E-state index in [0.29, 0.717) is 11.7 Å². The van der Waals surface area contributed by atoms with E-state index in [2.05, 4.69) is 9.97 Å². The number of aromatic nitrogens is 2. The molecule has 0 bridgehead atoms. The molecule has 1 rings (SSSR count). The minimum absolute atomic E-state index is 0.225. The van der Waals surface area contributed by atoms with Crippen LogP contribution in [-0.4, -0.2) is 15.7 Å². The highest BCUT2D eigenvalue weighted by Gasteiger charge is 2.33. The van der Waals surface area contributed by atoms with Crippen LogP contribution in [0.3, 0.4) is 0 Å². The van der Waals surface area contributed by atoms with Gasteiger partial charge in [-0.3, -0.25) is 5.43 Å². The average molecular weight is 280 g/mol. The number of thioether (sulfide) groups is 1. The molecule has 1 unspecified atom stereocenters. The van der Waals surface area contributed by atoms with Crippen molar-refractivity contribution in [3.05, 3.63) is 11.8 Å². The zero-order valence-electron chi connectivity index (χ0n) is 10.1. The van der Waals surface area contributed by atoms with Gasteiger partial charge in [-0.1, -0.05) is 20.3 Å². The third kappa shape index (κ3) is 4.34. The molecule has 0 aliphatic carbocycles. The van der Waals surface area contributed by atoms with Gasteiger partial charge in [0.15, 0.2) is 5.69 Å². The van der Waals surface area contributed by atoms with Crippen molar-refractivity contribution in [2.24, 2.45) is 11.8 Å². The van der Waals surface area contributed by atoms with Gasteiger partial charge in [-0.05, 0) is 5.92 Å². The van der Waals surface area contributed by atoms with Crippen LogP contribution in [0.1, 0.15) is 26.0 Å². The summed E-state index contributed by atoms with van der Waals surface area (Å²) in [6, 6.07) is 0.938. The summed E-state index contributed by atoms with van der Waals surface area (Å²) in [6.45, 7) is 4.06. The molecule has 0 aliphatic heterocycles. The molecule has 1 atom stereocenters. The summed E-state index contributed by atoms with van der Waals surface area (Å²) in [4.78, 5) is 7.17. The Kier molecular flexibility index (Phi) is 5.21. The lowest BCUT2D eigenvalue weighted by Crippen LogP contribution is -2.15. The van der Waals surface area contributed by atoms with Crippen molar-refractivity contribution in [2.45, 2.75) is 31.5 Å². The van der Waals surface area contributed by atoms with Gasteiger partial charge in [0, 0.05) is 11.8 Å². The second-order valence-electron chi connectivity index (χ2n) is 3.88. The molecule has 1 heterocycles. The van der Waals surface area contributed by atoms with Crippen molar-refractivity contribution in [2.75, 3.05) is 11.2 Å². The van der Waals surface area contributed by atoms with Crippen LogP contribution in [0.5, 0.6) is 0 Å². The first-order valence-electron chi connectivity index (χ1n) is 5.42. The van der Waals surface area contributed by atoms with Gasteiger partial charge in [-0.15, -0.1) is 11.8 Å². The molecule has 1 aromatic rings. The Morgan fingerprint density at radius 1 is 1.44 bits per heavy atom. The maximum absolute atomic E-state index is 12.6. The van der Waals surface area contributed by atoms with E-state index in [4.69, 9.17) is 5.84 Å². The molecule has 0 aromatic carbocycles. The number of nitrogen functional groups attached to an aromatic ring is 1. The predicted octanol–water partition coefficient (Wildman–Crippen LogP) is 2.92. The van der Waals surface area contributed by atoms with Crippen LogP contribution in [0.15, 0.2) is 11.1 Å². The molecule has 4 nitrogen and oxygen atoms in total. The summed E-state index contributed by atoms with van der Waals surface area (Å²) in [7, 11) is 0. The van der Waals surface area contributed by atoms with Gasteiger partial charge in [0.05, 0.1) is 0 Å². The first kappa shape index (κ1) is 15.0. The number of alkyl halides is 3. The number of nitrogens with one attached hydrogen (secondary N) is 1. The van der Waals surface area contributed by atoms with Crippen molar-refractivity contribution >= 4 is 17.7 Å². The Balaban J connectivity index is 2.91. The second kappa shape index (κ2) is 6.24. The van der Waals surface area contributed by atoms with Crippen LogP contribution in [0.25, 0.3) is 0 Å². The number of nitrogens with zero attached hydrogens (tertiary/aromatic N) is 2. The molecule has 0 radical (unpaired) electrons. The van der Waals surface area contributed by atoms with E-state index in [1.807, 2.05) is 19.3 Å². The Morgan fingerprint density at radius 3 is 2.61 bits per heavy atom. The first-order valence-corrected chi connectivity index (χ1v) is 6.41. The summed E-state index contributed by atoms with van der Waals surface area (Å²) in [5.74, 6) is 5.95. The second-order valence-corrected chi connectivity index (χ2v) is 4.92. The van der Waals surface area contributed by atoms with E-state index in [1.165, 1.54) is 11.8 Å². The first-order chi connectivity index (χ1) is 8.36. The minimum Gasteiger partial charge on any atom is -0.292 e. The predicted molar refractivity (Wildman–Crippen MR) is 65.0 cm³/mol. The quantitative estimate of drug-likeness (QED) is 0.376. The van der Waals surface area contributed by atoms with Crippen LogP contribution >= 0.6 is 11.8 Å². The monoisotopic (exact) mass is 280 g/mol. The summed E-state index contributed by atoms with van der Waals surface area (Å²) in [5, 5.41) is 0.269. The van der Waals surface area contributed by atoms with Crippen molar-refractivity contribution in [1.82, 2.24) is 9.97 Å². The van der Waals surface area contributed by atoms with E-state index >= 15 is 0 Å². The number of rotatable bonds is 5. The summed E-state index contributed by atoms with van der Waals surface area (Å²) in [6.07, 6.45) is -3.54. The number of anilines is 1. The van der Waals surface area contributed by atoms with Crippen molar-refractivity contribution in [3.8, 4) is 0 Å². The van der Waals surface area contributed by atoms with Gasteiger partial charge in [-0.2, -0.15) is 13.2 Å². The molecule has 1 aromatic heterocycles. The molecule has 0 spiro atoms. The Morgan fingerprint density at radius 2 is 2.11 bits per heavy atom. The SMILES string of the molecule is CCC(C)CSc1cc(C(F)(F)F)nc(NN)n1. The van der Waals surface area contributed by atoms with Gasteiger partial charge in [-0.25, -0.2) is 15.8 Å². The highest BCUT2D eigenvalue weighted by molar-refractivity contribution is 7.99. The molecule has 0 saturated heterocycles. The van der Waals surface area contributed by atoms with E-state index in [-0.39, 0.29) is 11.0 Å². The Hall–Kier alpha value is -1.02. The Bertz CT molecular complexity index is 397. The van der Waals surface area contributed by atoms with E-state index in [1.54, 1.807) is 0 Å². The molecule has 0 aliphatic rings. The molecule has 0 amide bonds. The topological polar surface area (TPSA) is 63.8 Å².